The number of nitrogens with zero attached hydrogens (tertiary/aromatic N) is 4. The van der Waals surface area contributed by atoms with E-state index in [1.54, 1.807) is 13.2 Å². The number of anilines is 2. The third-order valence-corrected chi connectivity index (χ3v) is 6.97. The molecule has 10 nitrogen and oxygen atoms in total. The Balaban J connectivity index is 1.34. The zero-order valence-corrected chi connectivity index (χ0v) is 21.7. The number of ether oxygens (including phenoxy) is 3. The number of hydrogen-bond donors (Lipinski definition) is 1. The molecule has 2 aromatic heterocycles. The number of fused-ring (bicyclic) bond motifs is 2. The second-order valence-electron chi connectivity index (χ2n) is 9.55. The van der Waals surface area contributed by atoms with E-state index in [9.17, 15) is 15.4 Å². The minimum absolute atomic E-state index is 0.134. The SMILES string of the molecule is COc1cccc(Cn2ccc3cc(Nc4c(C#N)cnc5cc(OC6CCOC6)c([N+](=O)[O-])cc45)ccc32)c1. The van der Waals surface area contributed by atoms with E-state index in [2.05, 4.69) is 27.0 Å². The first kappa shape index (κ1) is 25.2. The van der Waals surface area contributed by atoms with E-state index in [0.717, 1.165) is 27.9 Å². The van der Waals surface area contributed by atoms with Crippen LogP contribution in [0, 0.1) is 21.4 Å². The fourth-order valence-electron chi connectivity index (χ4n) is 4.98. The summed E-state index contributed by atoms with van der Waals surface area (Å²) in [6.45, 7) is 1.62. The summed E-state index contributed by atoms with van der Waals surface area (Å²) in [6.07, 6.45) is 3.89. The predicted octanol–water partition coefficient (Wildman–Crippen LogP) is 5.94. The molecule has 40 heavy (non-hydrogen) atoms. The molecule has 3 aromatic carbocycles. The van der Waals surface area contributed by atoms with Crippen LogP contribution in [-0.2, 0) is 11.3 Å². The lowest BCUT2D eigenvalue weighted by molar-refractivity contribution is -0.385. The number of aromatic nitrogens is 2. The van der Waals surface area contributed by atoms with Crippen molar-refractivity contribution in [3.8, 4) is 17.6 Å². The molecule has 3 heterocycles. The summed E-state index contributed by atoms with van der Waals surface area (Å²) in [5.41, 5.74) is 3.91. The Morgan fingerprint density at radius 3 is 2.90 bits per heavy atom. The molecule has 1 aliphatic heterocycles. The summed E-state index contributed by atoms with van der Waals surface area (Å²) < 4.78 is 18.7. The first-order chi connectivity index (χ1) is 19.5. The zero-order chi connectivity index (χ0) is 27.6. The minimum Gasteiger partial charge on any atom is -0.497 e. The second-order valence-corrected chi connectivity index (χ2v) is 9.55. The average molecular weight is 536 g/mol. The van der Waals surface area contributed by atoms with Crippen molar-refractivity contribution in [2.75, 3.05) is 25.6 Å². The number of nitrogens with one attached hydrogen (secondary N) is 1. The molecule has 0 spiro atoms. The molecule has 1 aliphatic rings. The third kappa shape index (κ3) is 4.86. The van der Waals surface area contributed by atoms with Gasteiger partial charge in [-0.1, -0.05) is 12.1 Å². The average Bonchev–Trinajstić information content (AvgIpc) is 3.62. The van der Waals surface area contributed by atoms with E-state index in [-0.39, 0.29) is 23.1 Å². The number of benzene rings is 3. The zero-order valence-electron chi connectivity index (χ0n) is 21.7. The molecule has 1 saturated heterocycles. The third-order valence-electron chi connectivity index (χ3n) is 6.97. The molecule has 0 aliphatic carbocycles. The molecular formula is C30H25N5O5. The topological polar surface area (TPSA) is 124 Å². The van der Waals surface area contributed by atoms with Gasteiger partial charge in [-0.2, -0.15) is 5.26 Å². The van der Waals surface area contributed by atoms with Gasteiger partial charge in [-0.25, -0.2) is 0 Å². The van der Waals surface area contributed by atoms with Crippen molar-refractivity contribution in [3.05, 3.63) is 94.3 Å². The van der Waals surface area contributed by atoms with Crippen LogP contribution in [0.3, 0.4) is 0 Å². The number of hydrogen-bond acceptors (Lipinski definition) is 8. The maximum absolute atomic E-state index is 12.0. The van der Waals surface area contributed by atoms with E-state index in [1.807, 2.05) is 48.7 Å². The quantitative estimate of drug-likeness (QED) is 0.191. The van der Waals surface area contributed by atoms with Crippen molar-refractivity contribution in [2.24, 2.45) is 0 Å². The van der Waals surface area contributed by atoms with Crippen molar-refractivity contribution in [3.63, 3.8) is 0 Å². The van der Waals surface area contributed by atoms with E-state index in [0.29, 0.717) is 42.8 Å². The fourth-order valence-corrected chi connectivity index (χ4v) is 4.98. The van der Waals surface area contributed by atoms with Gasteiger partial charge >= 0.3 is 5.69 Å². The molecule has 0 saturated carbocycles. The molecule has 200 valence electrons. The Bertz CT molecular complexity index is 1790. The summed E-state index contributed by atoms with van der Waals surface area (Å²) in [4.78, 5) is 15.9. The molecule has 1 fully saturated rings. The summed E-state index contributed by atoms with van der Waals surface area (Å²) in [7, 11) is 1.65. The van der Waals surface area contributed by atoms with Crippen LogP contribution in [-0.4, -0.2) is 40.9 Å². The lowest BCUT2D eigenvalue weighted by Crippen LogP contribution is -2.16. The molecular weight excluding hydrogens is 510 g/mol. The Labute approximate surface area is 229 Å². The van der Waals surface area contributed by atoms with Gasteiger partial charge in [-0.05, 0) is 42.0 Å². The van der Waals surface area contributed by atoms with Gasteiger partial charge in [-0.15, -0.1) is 0 Å². The van der Waals surface area contributed by atoms with Crippen LogP contribution >= 0.6 is 0 Å². The molecule has 5 aromatic rings. The molecule has 0 radical (unpaired) electrons. The summed E-state index contributed by atoms with van der Waals surface area (Å²) in [6, 6.07) is 21.0. The van der Waals surface area contributed by atoms with E-state index in [1.165, 1.54) is 12.3 Å². The van der Waals surface area contributed by atoms with Crippen LogP contribution in [0.2, 0.25) is 0 Å². The standard InChI is InChI=1S/C30H25N5O5/c1-38-23-4-2-3-19(11-23)17-34-9-7-20-12-22(5-6-27(20)34)33-30-21(15-31)16-32-26-14-29(40-24-8-10-39-18-24)28(35(36)37)13-25(26)30/h2-7,9,11-14,16,24H,8,10,17-18H2,1H3,(H,32,33). The molecule has 1 N–H and O–H groups in total. The number of nitro groups is 1. The highest BCUT2D eigenvalue weighted by Crippen LogP contribution is 2.38. The lowest BCUT2D eigenvalue weighted by Gasteiger charge is -2.15. The van der Waals surface area contributed by atoms with E-state index >= 15 is 0 Å². The Kier molecular flexibility index (Phi) is 6.64. The lowest BCUT2D eigenvalue weighted by atomic mass is 10.1. The van der Waals surface area contributed by atoms with Crippen molar-refractivity contribution in [1.29, 1.82) is 5.26 Å². The molecule has 1 atom stereocenters. The first-order valence-electron chi connectivity index (χ1n) is 12.8. The maximum atomic E-state index is 12.0. The highest BCUT2D eigenvalue weighted by atomic mass is 16.6. The Morgan fingerprint density at radius 1 is 1.23 bits per heavy atom. The summed E-state index contributed by atoms with van der Waals surface area (Å²) in [5, 5.41) is 26.6. The highest BCUT2D eigenvalue weighted by Gasteiger charge is 2.25. The van der Waals surface area contributed by atoms with Gasteiger partial charge in [0.05, 0.1) is 42.0 Å². The van der Waals surface area contributed by atoms with Gasteiger partial charge in [0.2, 0.25) is 0 Å². The second kappa shape index (κ2) is 10.6. The molecule has 0 amide bonds. The van der Waals surface area contributed by atoms with Gasteiger partial charge in [0.25, 0.3) is 0 Å². The van der Waals surface area contributed by atoms with Crippen LogP contribution in [0.15, 0.2) is 73.1 Å². The molecule has 1 unspecified atom stereocenters. The van der Waals surface area contributed by atoms with Gasteiger partial charge in [0, 0.05) is 59.5 Å². The fraction of sp³-hybridized carbons (Fsp3) is 0.200. The van der Waals surface area contributed by atoms with Crippen molar-refractivity contribution < 1.29 is 19.1 Å². The minimum atomic E-state index is -0.482. The summed E-state index contributed by atoms with van der Waals surface area (Å²) in [5.74, 6) is 0.944. The van der Waals surface area contributed by atoms with Gasteiger partial charge in [0.1, 0.15) is 17.9 Å². The van der Waals surface area contributed by atoms with Crippen molar-refractivity contribution in [1.82, 2.24) is 9.55 Å². The number of nitro benzene ring substituents is 1. The van der Waals surface area contributed by atoms with Gasteiger partial charge in [0.15, 0.2) is 5.75 Å². The van der Waals surface area contributed by atoms with Gasteiger partial charge < -0.3 is 24.1 Å². The number of nitriles is 1. The molecule has 6 rings (SSSR count). The molecule has 10 heteroatoms. The monoisotopic (exact) mass is 535 g/mol. The maximum Gasteiger partial charge on any atom is 0.311 e. The highest BCUT2D eigenvalue weighted by molar-refractivity contribution is 5.99. The number of methoxy groups -OCH3 is 1. The number of pyridine rings is 1. The van der Waals surface area contributed by atoms with Crippen molar-refractivity contribution >= 4 is 38.9 Å². The van der Waals surface area contributed by atoms with Crippen LogP contribution in [0.4, 0.5) is 17.1 Å². The number of rotatable bonds is 8. The largest absolute Gasteiger partial charge is 0.497 e. The summed E-state index contributed by atoms with van der Waals surface area (Å²) >= 11 is 0. The van der Waals surface area contributed by atoms with Crippen LogP contribution in [0.1, 0.15) is 17.5 Å². The Morgan fingerprint density at radius 2 is 2.12 bits per heavy atom. The van der Waals surface area contributed by atoms with E-state index < -0.39 is 4.92 Å². The first-order valence-corrected chi connectivity index (χ1v) is 12.8. The van der Waals surface area contributed by atoms with Gasteiger partial charge in [-0.3, -0.25) is 15.1 Å². The van der Waals surface area contributed by atoms with Crippen LogP contribution in [0.25, 0.3) is 21.8 Å². The smallest absolute Gasteiger partial charge is 0.311 e. The van der Waals surface area contributed by atoms with Crippen molar-refractivity contribution in [2.45, 2.75) is 19.1 Å². The normalized spacial score (nSPS) is 14.8. The van der Waals surface area contributed by atoms with Crippen LogP contribution < -0.4 is 14.8 Å². The molecule has 0 bridgehead atoms. The van der Waals surface area contributed by atoms with Crippen LogP contribution in [0.5, 0.6) is 11.5 Å². The predicted molar refractivity (Wildman–Crippen MR) is 150 cm³/mol. The van der Waals surface area contributed by atoms with E-state index in [4.69, 9.17) is 14.2 Å². The Hall–Kier alpha value is -5.14.